The van der Waals surface area contributed by atoms with Crippen molar-refractivity contribution in [3.63, 3.8) is 0 Å². The maximum Gasteiger partial charge on any atom is 0.164 e. The van der Waals surface area contributed by atoms with Crippen molar-refractivity contribution in [2.45, 2.75) is 19.3 Å². The molecule has 0 radical (unpaired) electrons. The third kappa shape index (κ3) is 4.39. The molecule has 0 N–H and O–H groups in total. The fourth-order valence-electron chi connectivity index (χ4n) is 7.48. The van der Waals surface area contributed by atoms with Crippen molar-refractivity contribution in [1.29, 1.82) is 0 Å². The van der Waals surface area contributed by atoms with E-state index in [1.165, 1.54) is 49.5 Å². The van der Waals surface area contributed by atoms with Gasteiger partial charge in [-0.25, -0.2) is 15.0 Å². The fourth-order valence-corrected chi connectivity index (χ4v) is 7.48. The van der Waals surface area contributed by atoms with Crippen LogP contribution in [0.4, 0.5) is 0 Å². The standard InChI is InChI=1S/C44H31N3/c1-44(2)39-24-9-8-17-35(39)36-21-12-23-38(40(36)44)43-46-41(29-14-4-3-5-15-29)45-42(47-43)37-22-11-19-33-32(18-10-20-34(33)37)31-26-25-28-13-6-7-16-30(28)27-31/h3-27H,1-2H3. The molecule has 0 spiro atoms. The van der Waals surface area contributed by atoms with E-state index in [4.69, 9.17) is 15.0 Å². The Kier molecular flexibility index (Phi) is 6.16. The molecule has 3 nitrogen and oxygen atoms in total. The lowest BCUT2D eigenvalue weighted by Gasteiger charge is -2.24. The Morgan fingerprint density at radius 1 is 0.383 bits per heavy atom. The minimum Gasteiger partial charge on any atom is -0.208 e. The summed E-state index contributed by atoms with van der Waals surface area (Å²) >= 11 is 0. The number of nitrogens with zero attached hydrogens (tertiary/aromatic N) is 3. The third-order valence-electron chi connectivity index (χ3n) is 9.71. The summed E-state index contributed by atoms with van der Waals surface area (Å²) < 4.78 is 0. The molecule has 1 aliphatic rings. The maximum atomic E-state index is 5.28. The van der Waals surface area contributed by atoms with Crippen LogP contribution in [0.25, 0.3) is 78.0 Å². The van der Waals surface area contributed by atoms with Gasteiger partial charge < -0.3 is 0 Å². The molecule has 1 aliphatic carbocycles. The highest BCUT2D eigenvalue weighted by molar-refractivity contribution is 6.05. The molecule has 7 aromatic carbocycles. The van der Waals surface area contributed by atoms with E-state index < -0.39 is 0 Å². The molecule has 0 saturated carbocycles. The van der Waals surface area contributed by atoms with Gasteiger partial charge in [0.15, 0.2) is 17.5 Å². The van der Waals surface area contributed by atoms with Gasteiger partial charge in [-0.2, -0.15) is 0 Å². The Balaban J connectivity index is 1.27. The highest BCUT2D eigenvalue weighted by atomic mass is 15.0. The molecule has 8 aromatic rings. The number of benzene rings is 7. The van der Waals surface area contributed by atoms with Crippen molar-refractivity contribution in [2.75, 3.05) is 0 Å². The minimum atomic E-state index is -0.198. The van der Waals surface area contributed by atoms with Crippen LogP contribution in [-0.4, -0.2) is 15.0 Å². The summed E-state index contributed by atoms with van der Waals surface area (Å²) in [5, 5.41) is 4.75. The van der Waals surface area contributed by atoms with Gasteiger partial charge in [0, 0.05) is 22.1 Å². The van der Waals surface area contributed by atoms with Crippen molar-refractivity contribution in [2.24, 2.45) is 0 Å². The van der Waals surface area contributed by atoms with Gasteiger partial charge >= 0.3 is 0 Å². The van der Waals surface area contributed by atoms with Gasteiger partial charge in [-0.3, -0.25) is 0 Å². The van der Waals surface area contributed by atoms with Crippen LogP contribution in [0, 0.1) is 0 Å². The minimum absolute atomic E-state index is 0.198. The lowest BCUT2D eigenvalue weighted by Crippen LogP contribution is -2.17. The molecule has 0 saturated heterocycles. The number of hydrogen-bond donors (Lipinski definition) is 0. The number of fused-ring (bicyclic) bond motifs is 5. The first-order valence-electron chi connectivity index (χ1n) is 16.1. The van der Waals surface area contributed by atoms with Gasteiger partial charge in [0.1, 0.15) is 0 Å². The Morgan fingerprint density at radius 2 is 0.957 bits per heavy atom. The first-order valence-corrected chi connectivity index (χ1v) is 16.1. The van der Waals surface area contributed by atoms with Crippen molar-refractivity contribution >= 4 is 21.5 Å². The molecule has 222 valence electrons. The van der Waals surface area contributed by atoms with Crippen LogP contribution in [0.15, 0.2) is 152 Å². The number of rotatable bonds is 4. The summed E-state index contributed by atoms with van der Waals surface area (Å²) in [4.78, 5) is 15.6. The molecule has 0 aliphatic heterocycles. The van der Waals surface area contributed by atoms with Crippen LogP contribution >= 0.6 is 0 Å². The first-order chi connectivity index (χ1) is 23.1. The molecule has 3 heteroatoms. The average molecular weight is 602 g/mol. The van der Waals surface area contributed by atoms with Gasteiger partial charge in [-0.05, 0) is 61.0 Å². The van der Waals surface area contributed by atoms with Crippen molar-refractivity contribution in [3.8, 4) is 56.4 Å². The summed E-state index contributed by atoms with van der Waals surface area (Å²) in [5.41, 5.74) is 10.3. The van der Waals surface area contributed by atoms with E-state index in [0.717, 1.165) is 22.1 Å². The normalized spacial score (nSPS) is 13.1. The lowest BCUT2D eigenvalue weighted by atomic mass is 9.80. The zero-order chi connectivity index (χ0) is 31.5. The van der Waals surface area contributed by atoms with Crippen LogP contribution in [0.1, 0.15) is 25.0 Å². The van der Waals surface area contributed by atoms with E-state index in [0.29, 0.717) is 17.5 Å². The Hall–Kier alpha value is -5.93. The predicted octanol–water partition coefficient (Wildman–Crippen LogP) is 11.2. The smallest absolute Gasteiger partial charge is 0.164 e. The van der Waals surface area contributed by atoms with Gasteiger partial charge in [-0.15, -0.1) is 0 Å². The SMILES string of the molecule is CC1(C)c2ccccc2-c2cccc(-c3nc(-c4ccccc4)nc(-c4cccc5c(-c6ccc7ccccc7c6)cccc45)n3)c21. The summed E-state index contributed by atoms with van der Waals surface area (Å²) in [6, 6.07) is 53.7. The molecule has 9 rings (SSSR count). The van der Waals surface area contributed by atoms with E-state index in [9.17, 15) is 0 Å². The van der Waals surface area contributed by atoms with Gasteiger partial charge in [0.05, 0.1) is 0 Å². The van der Waals surface area contributed by atoms with Gasteiger partial charge in [0.25, 0.3) is 0 Å². The van der Waals surface area contributed by atoms with E-state index in [-0.39, 0.29) is 5.41 Å². The second-order valence-electron chi connectivity index (χ2n) is 12.8. The van der Waals surface area contributed by atoms with Crippen LogP contribution in [0.3, 0.4) is 0 Å². The lowest BCUT2D eigenvalue weighted by molar-refractivity contribution is 0.661. The third-order valence-corrected chi connectivity index (χ3v) is 9.71. The quantitative estimate of drug-likeness (QED) is 0.201. The zero-order valence-electron chi connectivity index (χ0n) is 26.3. The Bertz CT molecular complexity index is 2490. The maximum absolute atomic E-state index is 5.28. The van der Waals surface area contributed by atoms with E-state index in [2.05, 4.69) is 147 Å². The van der Waals surface area contributed by atoms with Crippen molar-refractivity contribution in [1.82, 2.24) is 15.0 Å². The van der Waals surface area contributed by atoms with Crippen LogP contribution in [-0.2, 0) is 5.41 Å². The molecule has 1 aromatic heterocycles. The first kappa shape index (κ1) is 27.4. The van der Waals surface area contributed by atoms with Gasteiger partial charge in [0.2, 0.25) is 0 Å². The van der Waals surface area contributed by atoms with E-state index >= 15 is 0 Å². The molecule has 0 atom stereocenters. The summed E-state index contributed by atoms with van der Waals surface area (Å²) in [5.74, 6) is 2.02. The van der Waals surface area contributed by atoms with Crippen LogP contribution < -0.4 is 0 Å². The van der Waals surface area contributed by atoms with E-state index in [1.54, 1.807) is 0 Å². The van der Waals surface area contributed by atoms with Crippen LogP contribution in [0.2, 0.25) is 0 Å². The predicted molar refractivity (Wildman–Crippen MR) is 194 cm³/mol. The van der Waals surface area contributed by atoms with Crippen molar-refractivity contribution in [3.05, 3.63) is 163 Å². The van der Waals surface area contributed by atoms with E-state index in [1.807, 2.05) is 18.2 Å². The number of hydrogen-bond acceptors (Lipinski definition) is 3. The monoisotopic (exact) mass is 601 g/mol. The molecular formula is C44H31N3. The zero-order valence-corrected chi connectivity index (χ0v) is 26.3. The highest BCUT2D eigenvalue weighted by Crippen LogP contribution is 2.51. The largest absolute Gasteiger partial charge is 0.208 e. The molecule has 0 bridgehead atoms. The molecular weight excluding hydrogens is 571 g/mol. The molecule has 47 heavy (non-hydrogen) atoms. The Morgan fingerprint density at radius 3 is 1.79 bits per heavy atom. The summed E-state index contributed by atoms with van der Waals surface area (Å²) in [7, 11) is 0. The summed E-state index contributed by atoms with van der Waals surface area (Å²) in [6.45, 7) is 4.61. The average Bonchev–Trinajstić information content (AvgIpc) is 3.37. The topological polar surface area (TPSA) is 38.7 Å². The molecule has 0 unspecified atom stereocenters. The van der Waals surface area contributed by atoms with Crippen LogP contribution in [0.5, 0.6) is 0 Å². The number of aromatic nitrogens is 3. The second-order valence-corrected chi connectivity index (χ2v) is 12.8. The fraction of sp³-hybridized carbons (Fsp3) is 0.0682. The molecule has 1 heterocycles. The molecule has 0 amide bonds. The highest BCUT2D eigenvalue weighted by Gasteiger charge is 2.38. The van der Waals surface area contributed by atoms with Crippen molar-refractivity contribution < 1.29 is 0 Å². The molecule has 0 fully saturated rings. The summed E-state index contributed by atoms with van der Waals surface area (Å²) in [6.07, 6.45) is 0. The Labute approximate surface area is 274 Å². The van der Waals surface area contributed by atoms with Gasteiger partial charge in [-0.1, -0.05) is 159 Å². The second kappa shape index (κ2) is 10.6.